The summed E-state index contributed by atoms with van der Waals surface area (Å²) in [6.07, 6.45) is 4.86. The molecule has 1 heterocycles. The summed E-state index contributed by atoms with van der Waals surface area (Å²) >= 11 is 0. The van der Waals surface area contributed by atoms with Gasteiger partial charge in [0.1, 0.15) is 24.7 Å². The second-order valence-electron chi connectivity index (χ2n) is 8.72. The molecule has 3 aromatic rings. The number of amides is 2. The highest BCUT2D eigenvalue weighted by Gasteiger charge is 2.11. The molecule has 0 unspecified atom stereocenters. The molecule has 1 aliphatic heterocycles. The Bertz CT molecular complexity index is 1060. The average Bonchev–Trinajstić information content (AvgIpc) is 2.88. The normalized spacial score (nSPS) is 14.0. The standard InChI is InChI=1S/C28H35N3O3/c1-2-16-29-28(32)30-26-14-15-27(25-9-5-4-8-24(25)26)34-21-22-10-12-23(13-11-22)33-20-19-31-17-6-3-7-18-31/h4-5,8-15H,2-3,6-7,16-21H2,1H3,(H2,29,30,32). The zero-order valence-corrected chi connectivity index (χ0v) is 20.0. The summed E-state index contributed by atoms with van der Waals surface area (Å²) in [6.45, 7) is 7.23. The Kier molecular flexibility index (Phi) is 8.63. The van der Waals surface area contributed by atoms with Gasteiger partial charge in [-0.2, -0.15) is 0 Å². The third kappa shape index (κ3) is 6.64. The number of nitrogens with one attached hydrogen (secondary N) is 2. The van der Waals surface area contributed by atoms with Crippen molar-refractivity contribution in [2.24, 2.45) is 0 Å². The lowest BCUT2D eigenvalue weighted by atomic mass is 10.1. The lowest BCUT2D eigenvalue weighted by molar-refractivity contribution is 0.183. The lowest BCUT2D eigenvalue weighted by Gasteiger charge is -2.26. The van der Waals surface area contributed by atoms with Crippen LogP contribution in [-0.2, 0) is 6.61 Å². The summed E-state index contributed by atoms with van der Waals surface area (Å²) in [5.74, 6) is 1.68. The molecule has 0 atom stereocenters. The van der Waals surface area contributed by atoms with E-state index < -0.39 is 0 Å². The molecule has 2 N–H and O–H groups in total. The number of ether oxygens (including phenoxy) is 2. The molecule has 6 heteroatoms. The molecule has 0 aromatic heterocycles. The first kappa shape index (κ1) is 23.9. The predicted octanol–water partition coefficient (Wildman–Crippen LogP) is 5.82. The van der Waals surface area contributed by atoms with Crippen molar-refractivity contribution in [1.29, 1.82) is 0 Å². The van der Waals surface area contributed by atoms with Crippen LogP contribution in [0.4, 0.5) is 10.5 Å². The van der Waals surface area contributed by atoms with Gasteiger partial charge in [-0.25, -0.2) is 4.79 Å². The van der Waals surface area contributed by atoms with Gasteiger partial charge in [0, 0.05) is 23.9 Å². The van der Waals surface area contributed by atoms with Gasteiger partial charge >= 0.3 is 6.03 Å². The molecule has 0 bridgehead atoms. The SMILES string of the molecule is CCCNC(=O)Nc1ccc(OCc2ccc(OCCN3CCCCC3)cc2)c2ccccc12. The predicted molar refractivity (Wildman–Crippen MR) is 138 cm³/mol. The van der Waals surface area contributed by atoms with E-state index in [1.165, 1.54) is 32.4 Å². The molecule has 1 fully saturated rings. The van der Waals surface area contributed by atoms with E-state index in [1.54, 1.807) is 0 Å². The number of nitrogens with zero attached hydrogens (tertiary/aromatic N) is 1. The van der Waals surface area contributed by atoms with Crippen LogP contribution >= 0.6 is 0 Å². The highest BCUT2D eigenvalue weighted by molar-refractivity contribution is 6.03. The van der Waals surface area contributed by atoms with Crippen LogP contribution in [0.2, 0.25) is 0 Å². The summed E-state index contributed by atoms with van der Waals surface area (Å²) in [7, 11) is 0. The second-order valence-corrected chi connectivity index (χ2v) is 8.72. The number of carbonyl (C=O) groups is 1. The molecule has 180 valence electrons. The van der Waals surface area contributed by atoms with Crippen molar-refractivity contribution < 1.29 is 14.3 Å². The fourth-order valence-corrected chi connectivity index (χ4v) is 4.23. The van der Waals surface area contributed by atoms with Crippen molar-refractivity contribution in [2.45, 2.75) is 39.2 Å². The van der Waals surface area contributed by atoms with Crippen LogP contribution in [0.1, 0.15) is 38.2 Å². The van der Waals surface area contributed by atoms with E-state index in [2.05, 4.69) is 15.5 Å². The number of benzene rings is 3. The van der Waals surface area contributed by atoms with Crippen molar-refractivity contribution in [3.05, 3.63) is 66.2 Å². The molecule has 34 heavy (non-hydrogen) atoms. The van der Waals surface area contributed by atoms with Crippen LogP contribution in [0.15, 0.2) is 60.7 Å². The van der Waals surface area contributed by atoms with Gasteiger partial charge in [0.05, 0.1) is 5.69 Å². The van der Waals surface area contributed by atoms with Crippen LogP contribution < -0.4 is 20.1 Å². The van der Waals surface area contributed by atoms with Crippen LogP contribution in [-0.4, -0.2) is 43.7 Å². The van der Waals surface area contributed by atoms with Gasteiger partial charge in [-0.3, -0.25) is 4.90 Å². The smallest absolute Gasteiger partial charge is 0.319 e. The molecule has 4 rings (SSSR count). The fraction of sp³-hybridized carbons (Fsp3) is 0.393. The van der Waals surface area contributed by atoms with Crippen molar-refractivity contribution in [1.82, 2.24) is 10.2 Å². The highest BCUT2D eigenvalue weighted by Crippen LogP contribution is 2.32. The van der Waals surface area contributed by atoms with E-state index in [0.29, 0.717) is 13.2 Å². The number of carbonyl (C=O) groups excluding carboxylic acids is 1. The maximum absolute atomic E-state index is 12.1. The minimum atomic E-state index is -0.195. The van der Waals surface area contributed by atoms with E-state index >= 15 is 0 Å². The summed E-state index contributed by atoms with van der Waals surface area (Å²) in [6, 6.07) is 19.7. The number of fused-ring (bicyclic) bond motifs is 1. The maximum Gasteiger partial charge on any atom is 0.319 e. The Balaban J connectivity index is 1.33. The van der Waals surface area contributed by atoms with Crippen molar-refractivity contribution in [3.8, 4) is 11.5 Å². The van der Waals surface area contributed by atoms with Gasteiger partial charge in [0.2, 0.25) is 0 Å². The summed E-state index contributed by atoms with van der Waals surface area (Å²) in [5.41, 5.74) is 1.84. The highest BCUT2D eigenvalue weighted by atomic mass is 16.5. The van der Waals surface area contributed by atoms with E-state index in [1.807, 2.05) is 67.6 Å². The second kappa shape index (κ2) is 12.3. The summed E-state index contributed by atoms with van der Waals surface area (Å²) < 4.78 is 12.1. The van der Waals surface area contributed by atoms with E-state index in [0.717, 1.165) is 53.1 Å². The quantitative estimate of drug-likeness (QED) is 0.400. The van der Waals surface area contributed by atoms with Crippen molar-refractivity contribution in [3.63, 3.8) is 0 Å². The van der Waals surface area contributed by atoms with Gasteiger partial charge in [0.15, 0.2) is 0 Å². The van der Waals surface area contributed by atoms with Gasteiger partial charge in [0.25, 0.3) is 0 Å². The third-order valence-electron chi connectivity index (χ3n) is 6.11. The number of urea groups is 1. The molecule has 0 aliphatic carbocycles. The zero-order valence-electron chi connectivity index (χ0n) is 20.0. The topological polar surface area (TPSA) is 62.8 Å². The molecule has 1 saturated heterocycles. The molecule has 6 nitrogen and oxygen atoms in total. The average molecular weight is 462 g/mol. The van der Waals surface area contributed by atoms with E-state index in [9.17, 15) is 4.79 Å². The largest absolute Gasteiger partial charge is 0.492 e. The van der Waals surface area contributed by atoms with Crippen LogP contribution in [0.3, 0.4) is 0 Å². The molecule has 0 saturated carbocycles. The first-order valence-corrected chi connectivity index (χ1v) is 12.4. The Labute approximate surface area is 202 Å². The maximum atomic E-state index is 12.1. The Morgan fingerprint density at radius 3 is 2.44 bits per heavy atom. The van der Waals surface area contributed by atoms with Crippen LogP contribution in [0.5, 0.6) is 11.5 Å². The number of hydrogen-bond donors (Lipinski definition) is 2. The first-order valence-electron chi connectivity index (χ1n) is 12.4. The van der Waals surface area contributed by atoms with Gasteiger partial charge in [-0.05, 0) is 62.2 Å². The van der Waals surface area contributed by atoms with Crippen molar-refractivity contribution >= 4 is 22.5 Å². The van der Waals surface area contributed by atoms with Gasteiger partial charge < -0.3 is 20.1 Å². The molecule has 0 spiro atoms. The molecule has 0 radical (unpaired) electrons. The number of piperidine rings is 1. The fourth-order valence-electron chi connectivity index (χ4n) is 4.23. The zero-order chi connectivity index (χ0) is 23.6. The Morgan fingerprint density at radius 1 is 0.912 bits per heavy atom. The first-order chi connectivity index (χ1) is 16.7. The van der Waals surface area contributed by atoms with Crippen LogP contribution in [0.25, 0.3) is 10.8 Å². The minimum absolute atomic E-state index is 0.195. The van der Waals surface area contributed by atoms with Crippen LogP contribution in [0, 0.1) is 0 Å². The van der Waals surface area contributed by atoms with Gasteiger partial charge in [-0.15, -0.1) is 0 Å². The number of hydrogen-bond acceptors (Lipinski definition) is 4. The van der Waals surface area contributed by atoms with Gasteiger partial charge in [-0.1, -0.05) is 49.7 Å². The number of anilines is 1. The molecule has 1 aliphatic rings. The molecule has 3 aromatic carbocycles. The number of rotatable bonds is 10. The molecular weight excluding hydrogens is 426 g/mol. The Hall–Kier alpha value is -3.25. The minimum Gasteiger partial charge on any atom is -0.492 e. The summed E-state index contributed by atoms with van der Waals surface area (Å²) in [5, 5.41) is 7.70. The molecule has 2 amide bonds. The summed E-state index contributed by atoms with van der Waals surface area (Å²) in [4.78, 5) is 14.6. The number of likely N-dealkylation sites (tertiary alicyclic amines) is 1. The molecular formula is C28H35N3O3. The van der Waals surface area contributed by atoms with E-state index in [-0.39, 0.29) is 6.03 Å². The third-order valence-corrected chi connectivity index (χ3v) is 6.11. The van der Waals surface area contributed by atoms with Crippen molar-refractivity contribution in [2.75, 3.05) is 38.1 Å². The monoisotopic (exact) mass is 461 g/mol. The lowest BCUT2D eigenvalue weighted by Crippen LogP contribution is -2.33. The Morgan fingerprint density at radius 2 is 1.68 bits per heavy atom. The van der Waals surface area contributed by atoms with E-state index in [4.69, 9.17) is 9.47 Å².